The summed E-state index contributed by atoms with van der Waals surface area (Å²) >= 11 is 11.8. The molecule has 0 radical (unpaired) electrons. The highest BCUT2D eigenvalue weighted by molar-refractivity contribution is 6.37. The van der Waals surface area contributed by atoms with Crippen LogP contribution in [0.4, 0.5) is 5.69 Å². The van der Waals surface area contributed by atoms with Crippen LogP contribution in [0, 0.1) is 11.3 Å². The third kappa shape index (κ3) is 4.14. The third-order valence-corrected chi connectivity index (χ3v) is 5.37. The zero-order chi connectivity index (χ0) is 22.8. The second kappa shape index (κ2) is 8.71. The van der Waals surface area contributed by atoms with Crippen LogP contribution in [-0.4, -0.2) is 20.6 Å². The summed E-state index contributed by atoms with van der Waals surface area (Å²) in [5.74, 6) is -0.875. The maximum Gasteiger partial charge on any atom is 0.263 e. The van der Waals surface area contributed by atoms with Gasteiger partial charge in [0.2, 0.25) is 0 Å². The van der Waals surface area contributed by atoms with Crippen LogP contribution < -0.4 is 10.9 Å². The number of fused-ring (bicyclic) bond motifs is 1. The fourth-order valence-electron chi connectivity index (χ4n) is 3.24. The Morgan fingerprint density at radius 3 is 2.56 bits per heavy atom. The number of carbonyl (C=O) groups is 1. The van der Waals surface area contributed by atoms with E-state index < -0.39 is 5.91 Å². The van der Waals surface area contributed by atoms with Crippen LogP contribution in [0.25, 0.3) is 10.9 Å². The van der Waals surface area contributed by atoms with Crippen molar-refractivity contribution in [1.82, 2.24) is 9.55 Å². The Kier molecular flexibility index (Phi) is 5.82. The molecule has 0 fully saturated rings. The van der Waals surface area contributed by atoms with Gasteiger partial charge in [-0.25, -0.2) is 4.98 Å². The van der Waals surface area contributed by atoms with Gasteiger partial charge in [0.25, 0.3) is 11.5 Å². The number of nitriles is 1. The SMILES string of the molecule is N#Cc1cccc(Cn2cnc3cccc(NC(=O)c4cc(Cl)c(O)c(Cl)c4)c3c2=O)c1. The molecular weight excluding hydrogens is 451 g/mol. The van der Waals surface area contributed by atoms with E-state index in [-0.39, 0.29) is 44.5 Å². The number of hydrogen-bond donors (Lipinski definition) is 2. The van der Waals surface area contributed by atoms with Gasteiger partial charge in [0, 0.05) is 5.56 Å². The number of phenols is 1. The molecule has 0 aliphatic heterocycles. The molecule has 32 heavy (non-hydrogen) atoms. The van der Waals surface area contributed by atoms with E-state index in [1.165, 1.54) is 23.0 Å². The fraction of sp³-hybridized carbons (Fsp3) is 0.0435. The van der Waals surface area contributed by atoms with Gasteiger partial charge in [0.1, 0.15) is 0 Å². The van der Waals surface area contributed by atoms with Crippen LogP contribution in [0.1, 0.15) is 21.5 Å². The highest BCUT2D eigenvalue weighted by Gasteiger charge is 2.16. The summed E-state index contributed by atoms with van der Waals surface area (Å²) in [6, 6.07) is 16.5. The first-order valence-electron chi connectivity index (χ1n) is 9.34. The summed E-state index contributed by atoms with van der Waals surface area (Å²) in [6.45, 7) is 0.211. The number of aromatic nitrogens is 2. The number of nitrogens with zero attached hydrogens (tertiary/aromatic N) is 3. The second-order valence-corrected chi connectivity index (χ2v) is 7.75. The number of rotatable bonds is 4. The van der Waals surface area contributed by atoms with Crippen molar-refractivity contribution in [2.24, 2.45) is 0 Å². The van der Waals surface area contributed by atoms with Gasteiger partial charge >= 0.3 is 0 Å². The van der Waals surface area contributed by atoms with Crippen LogP contribution in [0.15, 0.2) is 65.7 Å². The van der Waals surface area contributed by atoms with Gasteiger partial charge in [-0.2, -0.15) is 5.26 Å². The van der Waals surface area contributed by atoms with E-state index in [1.807, 2.05) is 6.07 Å². The molecule has 9 heteroatoms. The molecule has 0 bridgehead atoms. The number of amides is 1. The van der Waals surface area contributed by atoms with Crippen molar-refractivity contribution >= 4 is 45.7 Å². The van der Waals surface area contributed by atoms with E-state index in [9.17, 15) is 14.7 Å². The van der Waals surface area contributed by atoms with Gasteiger partial charge in [-0.1, -0.05) is 41.4 Å². The van der Waals surface area contributed by atoms with E-state index in [4.69, 9.17) is 28.5 Å². The van der Waals surface area contributed by atoms with Gasteiger partial charge in [-0.15, -0.1) is 0 Å². The van der Waals surface area contributed by atoms with Crippen LogP contribution in [0.5, 0.6) is 5.75 Å². The molecule has 0 aliphatic carbocycles. The van der Waals surface area contributed by atoms with Gasteiger partial charge in [0.15, 0.2) is 5.75 Å². The predicted molar refractivity (Wildman–Crippen MR) is 122 cm³/mol. The van der Waals surface area contributed by atoms with Crippen LogP contribution in [0.3, 0.4) is 0 Å². The minimum Gasteiger partial charge on any atom is -0.505 e. The molecule has 0 atom stereocenters. The van der Waals surface area contributed by atoms with Crippen molar-refractivity contribution < 1.29 is 9.90 Å². The Hall–Kier alpha value is -3.86. The van der Waals surface area contributed by atoms with Crippen LogP contribution in [0.2, 0.25) is 10.0 Å². The number of hydrogen-bond acceptors (Lipinski definition) is 5. The lowest BCUT2D eigenvalue weighted by molar-refractivity contribution is 0.102. The minimum atomic E-state index is -0.558. The molecule has 0 unspecified atom stereocenters. The molecule has 1 heterocycles. The van der Waals surface area contributed by atoms with Crippen molar-refractivity contribution in [3.05, 3.63) is 98.0 Å². The lowest BCUT2D eigenvalue weighted by Gasteiger charge is -2.12. The Balaban J connectivity index is 1.73. The van der Waals surface area contributed by atoms with E-state index in [1.54, 1.807) is 36.4 Å². The Morgan fingerprint density at radius 1 is 1.12 bits per heavy atom. The van der Waals surface area contributed by atoms with Gasteiger partial charge in [0.05, 0.1) is 51.1 Å². The lowest BCUT2D eigenvalue weighted by atomic mass is 10.1. The normalized spacial score (nSPS) is 10.7. The molecule has 0 saturated heterocycles. The molecule has 4 aromatic rings. The summed E-state index contributed by atoms with van der Waals surface area (Å²) in [5, 5.41) is 21.6. The second-order valence-electron chi connectivity index (χ2n) is 6.93. The molecule has 0 aliphatic rings. The summed E-state index contributed by atoms with van der Waals surface area (Å²) in [5.41, 5.74) is 1.70. The quantitative estimate of drug-likeness (QED) is 0.459. The lowest BCUT2D eigenvalue weighted by Crippen LogP contribution is -2.23. The monoisotopic (exact) mass is 464 g/mol. The van der Waals surface area contributed by atoms with Crippen molar-refractivity contribution in [3.8, 4) is 11.8 Å². The van der Waals surface area contributed by atoms with E-state index in [2.05, 4.69) is 16.4 Å². The number of carbonyl (C=O) groups excluding carboxylic acids is 1. The maximum absolute atomic E-state index is 13.2. The zero-order valence-corrected chi connectivity index (χ0v) is 17.9. The summed E-state index contributed by atoms with van der Waals surface area (Å²) in [7, 11) is 0. The Bertz CT molecular complexity index is 1450. The van der Waals surface area contributed by atoms with Crippen molar-refractivity contribution in [2.45, 2.75) is 6.54 Å². The molecular formula is C23H14Cl2N4O3. The van der Waals surface area contributed by atoms with Gasteiger partial charge in [-0.05, 0) is 42.0 Å². The molecule has 2 N–H and O–H groups in total. The first kappa shape index (κ1) is 21.4. The maximum atomic E-state index is 13.2. The van der Waals surface area contributed by atoms with Gasteiger partial charge < -0.3 is 10.4 Å². The predicted octanol–water partition coefficient (Wildman–Crippen LogP) is 4.58. The smallest absolute Gasteiger partial charge is 0.263 e. The summed E-state index contributed by atoms with van der Waals surface area (Å²) in [6.07, 6.45) is 1.43. The molecule has 7 nitrogen and oxygen atoms in total. The standard InChI is InChI=1S/C23H14Cl2N4O3/c24-16-8-15(9-17(25)21(16)30)22(31)28-19-6-2-5-18-20(19)23(32)29(12-27-18)11-14-4-1-3-13(7-14)10-26/h1-9,12,30H,11H2,(H,28,31). The summed E-state index contributed by atoms with van der Waals surface area (Å²) in [4.78, 5) is 30.3. The van der Waals surface area contributed by atoms with E-state index in [0.717, 1.165) is 5.56 Å². The van der Waals surface area contributed by atoms with Crippen LogP contribution >= 0.6 is 23.2 Å². The average molecular weight is 465 g/mol. The molecule has 0 spiro atoms. The van der Waals surface area contributed by atoms with Crippen LogP contribution in [-0.2, 0) is 6.54 Å². The number of halogens is 2. The Morgan fingerprint density at radius 2 is 1.84 bits per heavy atom. The highest BCUT2D eigenvalue weighted by atomic mass is 35.5. The van der Waals surface area contributed by atoms with Gasteiger partial charge in [-0.3, -0.25) is 14.2 Å². The molecule has 4 rings (SSSR count). The van der Waals surface area contributed by atoms with E-state index in [0.29, 0.717) is 11.1 Å². The Labute approximate surface area is 192 Å². The first-order chi connectivity index (χ1) is 15.4. The van der Waals surface area contributed by atoms with E-state index >= 15 is 0 Å². The third-order valence-electron chi connectivity index (χ3n) is 4.79. The number of nitrogens with one attached hydrogen (secondary N) is 1. The molecule has 3 aromatic carbocycles. The zero-order valence-electron chi connectivity index (χ0n) is 16.3. The fourth-order valence-corrected chi connectivity index (χ4v) is 3.73. The van der Waals surface area contributed by atoms with Crippen molar-refractivity contribution in [2.75, 3.05) is 5.32 Å². The summed E-state index contributed by atoms with van der Waals surface area (Å²) < 4.78 is 1.41. The molecule has 158 valence electrons. The largest absolute Gasteiger partial charge is 0.505 e. The topological polar surface area (TPSA) is 108 Å². The minimum absolute atomic E-state index is 0.0656. The average Bonchev–Trinajstić information content (AvgIpc) is 2.79. The first-order valence-corrected chi connectivity index (χ1v) is 10.1. The van der Waals surface area contributed by atoms with Crippen molar-refractivity contribution in [3.63, 3.8) is 0 Å². The number of anilines is 1. The number of aromatic hydroxyl groups is 1. The molecule has 1 amide bonds. The number of phenolic OH excluding ortho intramolecular Hbond substituents is 1. The molecule has 1 aromatic heterocycles. The number of benzene rings is 3. The highest BCUT2D eigenvalue weighted by Crippen LogP contribution is 2.33. The molecule has 0 saturated carbocycles. The van der Waals surface area contributed by atoms with Crippen molar-refractivity contribution in [1.29, 1.82) is 5.26 Å².